The van der Waals surface area contributed by atoms with Crippen LogP contribution in [0.3, 0.4) is 0 Å². The lowest BCUT2D eigenvalue weighted by molar-refractivity contribution is -0.130. The number of piperazine rings is 1. The summed E-state index contributed by atoms with van der Waals surface area (Å²) in [5.74, 6) is 0.832. The van der Waals surface area contributed by atoms with Crippen molar-refractivity contribution in [1.82, 2.24) is 15.1 Å². The summed E-state index contributed by atoms with van der Waals surface area (Å²) in [5, 5.41) is 2.98. The van der Waals surface area contributed by atoms with Crippen molar-refractivity contribution in [3.05, 3.63) is 0 Å². The Morgan fingerprint density at radius 2 is 1.77 bits per heavy atom. The Morgan fingerprint density at radius 1 is 1.18 bits per heavy atom. The van der Waals surface area contributed by atoms with Crippen molar-refractivity contribution in [2.75, 3.05) is 38.5 Å². The van der Waals surface area contributed by atoms with Gasteiger partial charge in [0.25, 0.3) is 0 Å². The Bertz CT molecular complexity index is 374. The highest BCUT2D eigenvalue weighted by Crippen LogP contribution is 2.23. The minimum atomic E-state index is 0.0809. The van der Waals surface area contributed by atoms with E-state index in [1.165, 1.54) is 0 Å². The Hall–Kier alpha value is -0.750. The fourth-order valence-corrected chi connectivity index (χ4v) is 2.89. The van der Waals surface area contributed by atoms with Crippen molar-refractivity contribution in [3.8, 4) is 0 Å². The standard InChI is InChI=1S/C16H31N3O2S/c1-6-13(2)17-14(20)11-18-7-9-19(10-8-18)15(21)12-22-16(3,4)5/h13H,6-12H2,1-5H3,(H,17,20). The summed E-state index contributed by atoms with van der Waals surface area (Å²) in [4.78, 5) is 28.1. The van der Waals surface area contributed by atoms with E-state index in [9.17, 15) is 9.59 Å². The third-order valence-electron chi connectivity index (χ3n) is 3.74. The summed E-state index contributed by atoms with van der Waals surface area (Å²) in [6.45, 7) is 13.9. The summed E-state index contributed by atoms with van der Waals surface area (Å²) in [6, 6.07) is 0.227. The van der Waals surface area contributed by atoms with E-state index in [1.807, 2.05) is 11.8 Å². The van der Waals surface area contributed by atoms with Crippen LogP contribution in [-0.4, -0.2) is 70.9 Å². The number of rotatable bonds is 6. The molecule has 0 bridgehead atoms. The van der Waals surface area contributed by atoms with Crippen molar-refractivity contribution in [3.63, 3.8) is 0 Å². The van der Waals surface area contributed by atoms with Crippen LogP contribution in [0.5, 0.6) is 0 Å². The van der Waals surface area contributed by atoms with Crippen LogP contribution in [0.25, 0.3) is 0 Å². The van der Waals surface area contributed by atoms with Gasteiger partial charge >= 0.3 is 0 Å². The average molecular weight is 330 g/mol. The maximum atomic E-state index is 12.2. The van der Waals surface area contributed by atoms with Crippen LogP contribution in [0.15, 0.2) is 0 Å². The minimum absolute atomic E-state index is 0.0809. The fraction of sp³-hybridized carbons (Fsp3) is 0.875. The molecule has 0 aromatic heterocycles. The first-order valence-corrected chi connectivity index (χ1v) is 9.13. The van der Waals surface area contributed by atoms with Gasteiger partial charge in [0.05, 0.1) is 12.3 Å². The molecule has 128 valence electrons. The molecule has 2 amide bonds. The summed E-state index contributed by atoms with van der Waals surface area (Å²) in [5.41, 5.74) is 0. The molecular formula is C16H31N3O2S. The molecule has 1 heterocycles. The molecule has 5 nitrogen and oxygen atoms in total. The first kappa shape index (κ1) is 19.3. The van der Waals surface area contributed by atoms with Crippen molar-refractivity contribution in [2.45, 2.75) is 51.8 Å². The number of thioether (sulfide) groups is 1. The lowest BCUT2D eigenvalue weighted by Gasteiger charge is -2.35. The third kappa shape index (κ3) is 7.49. The van der Waals surface area contributed by atoms with Crippen LogP contribution in [0, 0.1) is 0 Å². The molecule has 0 spiro atoms. The van der Waals surface area contributed by atoms with Gasteiger partial charge in [0, 0.05) is 37.0 Å². The van der Waals surface area contributed by atoms with Gasteiger partial charge < -0.3 is 10.2 Å². The predicted octanol–water partition coefficient (Wildman–Crippen LogP) is 1.58. The minimum Gasteiger partial charge on any atom is -0.353 e. The summed E-state index contributed by atoms with van der Waals surface area (Å²) >= 11 is 1.69. The molecule has 22 heavy (non-hydrogen) atoms. The highest BCUT2D eigenvalue weighted by molar-refractivity contribution is 8.01. The van der Waals surface area contributed by atoms with Gasteiger partial charge in [-0.2, -0.15) is 0 Å². The highest BCUT2D eigenvalue weighted by Gasteiger charge is 2.23. The summed E-state index contributed by atoms with van der Waals surface area (Å²) in [6.07, 6.45) is 0.944. The van der Waals surface area contributed by atoms with E-state index in [2.05, 4.69) is 37.9 Å². The first-order valence-electron chi connectivity index (χ1n) is 8.14. The second-order valence-corrected chi connectivity index (χ2v) is 8.74. The second-order valence-electron chi connectivity index (χ2n) is 6.93. The third-order valence-corrected chi connectivity index (χ3v) is 5.00. The maximum Gasteiger partial charge on any atom is 0.234 e. The second kappa shape index (κ2) is 8.77. The van der Waals surface area contributed by atoms with E-state index in [-0.39, 0.29) is 22.6 Å². The number of nitrogens with one attached hydrogen (secondary N) is 1. The zero-order valence-corrected chi connectivity index (χ0v) is 15.5. The van der Waals surface area contributed by atoms with E-state index in [0.717, 1.165) is 32.6 Å². The molecule has 1 saturated heterocycles. The molecule has 0 aliphatic carbocycles. The fourth-order valence-electron chi connectivity index (χ4n) is 2.15. The van der Waals surface area contributed by atoms with Gasteiger partial charge in [-0.1, -0.05) is 27.7 Å². The number of carbonyl (C=O) groups is 2. The number of carbonyl (C=O) groups excluding carboxylic acids is 2. The Balaban J connectivity index is 2.28. The van der Waals surface area contributed by atoms with Gasteiger partial charge in [-0.15, -0.1) is 11.8 Å². The van der Waals surface area contributed by atoms with Crippen LogP contribution < -0.4 is 5.32 Å². The molecule has 6 heteroatoms. The van der Waals surface area contributed by atoms with E-state index < -0.39 is 0 Å². The van der Waals surface area contributed by atoms with Crippen LogP contribution in [0.1, 0.15) is 41.0 Å². The smallest absolute Gasteiger partial charge is 0.234 e. The molecule has 1 fully saturated rings. The Kier molecular flexibility index (Phi) is 7.69. The van der Waals surface area contributed by atoms with Crippen molar-refractivity contribution in [2.24, 2.45) is 0 Å². The molecule has 0 aromatic carbocycles. The lowest BCUT2D eigenvalue weighted by Crippen LogP contribution is -2.52. The van der Waals surface area contributed by atoms with Crippen LogP contribution >= 0.6 is 11.8 Å². The monoisotopic (exact) mass is 329 g/mol. The Morgan fingerprint density at radius 3 is 2.27 bits per heavy atom. The first-order chi connectivity index (χ1) is 10.2. The van der Waals surface area contributed by atoms with E-state index >= 15 is 0 Å². The number of nitrogens with zero attached hydrogens (tertiary/aromatic N) is 2. The van der Waals surface area contributed by atoms with E-state index in [4.69, 9.17) is 0 Å². The topological polar surface area (TPSA) is 52.7 Å². The van der Waals surface area contributed by atoms with Crippen LogP contribution in [0.2, 0.25) is 0 Å². The normalized spacial score (nSPS) is 18.1. The lowest BCUT2D eigenvalue weighted by atomic mass is 10.2. The summed E-state index contributed by atoms with van der Waals surface area (Å²) < 4.78 is 0.117. The van der Waals surface area contributed by atoms with Crippen LogP contribution in [-0.2, 0) is 9.59 Å². The quantitative estimate of drug-likeness (QED) is 0.804. The van der Waals surface area contributed by atoms with E-state index in [1.54, 1.807) is 11.8 Å². The van der Waals surface area contributed by atoms with E-state index in [0.29, 0.717) is 12.3 Å². The molecule has 1 aliphatic heterocycles. The van der Waals surface area contributed by atoms with Gasteiger partial charge in [0.15, 0.2) is 0 Å². The molecule has 0 saturated carbocycles. The largest absolute Gasteiger partial charge is 0.353 e. The van der Waals surface area contributed by atoms with Gasteiger partial charge in [-0.3, -0.25) is 14.5 Å². The number of amides is 2. The molecular weight excluding hydrogens is 298 g/mol. The summed E-state index contributed by atoms with van der Waals surface area (Å²) in [7, 11) is 0. The molecule has 0 radical (unpaired) electrons. The van der Waals surface area contributed by atoms with Gasteiger partial charge in [-0.25, -0.2) is 0 Å². The average Bonchev–Trinajstić information content (AvgIpc) is 2.44. The SMILES string of the molecule is CCC(C)NC(=O)CN1CCN(C(=O)CSC(C)(C)C)CC1. The molecule has 1 aliphatic rings. The van der Waals surface area contributed by atoms with Gasteiger partial charge in [0.2, 0.25) is 11.8 Å². The highest BCUT2D eigenvalue weighted by atomic mass is 32.2. The molecule has 1 atom stereocenters. The number of hydrogen-bond acceptors (Lipinski definition) is 4. The van der Waals surface area contributed by atoms with Crippen molar-refractivity contribution in [1.29, 1.82) is 0 Å². The molecule has 1 N–H and O–H groups in total. The van der Waals surface area contributed by atoms with Gasteiger partial charge in [0.1, 0.15) is 0 Å². The molecule has 1 unspecified atom stereocenters. The van der Waals surface area contributed by atoms with Crippen molar-refractivity contribution < 1.29 is 9.59 Å². The maximum absolute atomic E-state index is 12.2. The number of hydrogen-bond donors (Lipinski definition) is 1. The molecule has 0 aromatic rings. The van der Waals surface area contributed by atoms with Crippen molar-refractivity contribution >= 4 is 23.6 Å². The Labute approximate surface area is 139 Å². The predicted molar refractivity (Wildman–Crippen MR) is 93.1 cm³/mol. The van der Waals surface area contributed by atoms with Crippen LogP contribution in [0.4, 0.5) is 0 Å². The van der Waals surface area contributed by atoms with Gasteiger partial charge in [-0.05, 0) is 13.3 Å². The molecule has 1 rings (SSSR count). The zero-order valence-electron chi connectivity index (χ0n) is 14.6. The zero-order chi connectivity index (χ0) is 16.8.